The number of aromatic nitrogens is 2. The third kappa shape index (κ3) is 10.4. The van der Waals surface area contributed by atoms with Crippen LogP contribution in [0.25, 0.3) is 33.3 Å². The van der Waals surface area contributed by atoms with Crippen molar-refractivity contribution in [1.29, 1.82) is 0 Å². The van der Waals surface area contributed by atoms with E-state index < -0.39 is 57.3 Å². The average Bonchev–Trinajstić information content (AvgIpc) is 3.93. The minimum atomic E-state index is -3.50. The van der Waals surface area contributed by atoms with Crippen LogP contribution in [0.2, 0.25) is 0 Å². The molecule has 2 aromatic carbocycles. The van der Waals surface area contributed by atoms with Crippen LogP contribution in [0, 0.1) is 17.3 Å². The zero-order valence-electron chi connectivity index (χ0n) is 40.3. The third-order valence-electron chi connectivity index (χ3n) is 13.6. The van der Waals surface area contributed by atoms with E-state index in [1.165, 1.54) is 21.3 Å². The molecule has 0 radical (unpaired) electrons. The lowest BCUT2D eigenvalue weighted by Gasteiger charge is -2.37. The van der Waals surface area contributed by atoms with Crippen LogP contribution in [-0.2, 0) is 58.1 Å². The van der Waals surface area contributed by atoms with Gasteiger partial charge in [-0.1, -0.05) is 39.8 Å². The van der Waals surface area contributed by atoms with Crippen LogP contribution < -0.4 is 10.7 Å². The molecule has 7 rings (SSSR count). The Morgan fingerprint density at radius 3 is 2.52 bits per heavy atom. The van der Waals surface area contributed by atoms with Gasteiger partial charge in [0.05, 0.1) is 35.8 Å². The number of carbonyl (C=O) groups excluding carboxylic acids is 4. The van der Waals surface area contributed by atoms with E-state index in [1.54, 1.807) is 32.4 Å². The van der Waals surface area contributed by atoms with Crippen LogP contribution in [0.15, 0.2) is 54.7 Å². The molecule has 362 valence electrons. The maximum atomic E-state index is 14.7. The van der Waals surface area contributed by atoms with Gasteiger partial charge < -0.3 is 29.4 Å². The van der Waals surface area contributed by atoms with Crippen LogP contribution in [0.4, 0.5) is 0 Å². The van der Waals surface area contributed by atoms with Gasteiger partial charge >= 0.3 is 5.97 Å². The summed E-state index contributed by atoms with van der Waals surface area (Å²) in [7, 11) is -0.293. The number of esters is 1. The lowest BCUT2D eigenvalue weighted by Crippen LogP contribution is -2.62. The van der Waals surface area contributed by atoms with Crippen LogP contribution >= 0.6 is 0 Å². The molecule has 0 saturated carbocycles. The van der Waals surface area contributed by atoms with Crippen molar-refractivity contribution < 1.29 is 42.2 Å². The van der Waals surface area contributed by atoms with E-state index in [1.807, 2.05) is 39.0 Å². The molecule has 1 unspecified atom stereocenters. The summed E-state index contributed by atoms with van der Waals surface area (Å²) >= 11 is 0. The molecular formula is C50H67N7O9S. The molecule has 3 N–H and O–H groups in total. The molecular weight excluding hydrogens is 875 g/mol. The predicted molar refractivity (Wildman–Crippen MR) is 256 cm³/mol. The first-order valence-corrected chi connectivity index (χ1v) is 25.1. The topological polar surface area (TPSA) is 193 Å². The summed E-state index contributed by atoms with van der Waals surface area (Å²) in [5.74, 6) is -3.03. The molecule has 3 amide bonds. The molecule has 3 aliphatic rings. The summed E-state index contributed by atoms with van der Waals surface area (Å²) in [6.07, 6.45) is 3.22. The number of phenols is 1. The molecule has 2 aromatic heterocycles. The summed E-state index contributed by atoms with van der Waals surface area (Å²) in [6.45, 7) is 14.7. The average molecular weight is 942 g/mol. The van der Waals surface area contributed by atoms with Gasteiger partial charge in [0.1, 0.15) is 23.9 Å². The first-order valence-electron chi connectivity index (χ1n) is 23.5. The number of rotatable bonds is 11. The number of sulfonamides is 1. The normalized spacial score (nSPS) is 21.5. The standard InChI is InChI=1S/C50H67N7O9S/c1-10-56-42-17-16-33-26-38(42)39(45(56)37-14-12-19-51-43(37)31(5)65-9)27-50(6,7)29-66-49(62)40-15-13-20-57(53-40)48(61)41(24-32-22-35(33)25-36(58)23-32)52-46(59)44(30(3)4)54(8)47(60)34-18-21-55(28-34)67(63,64)11-2/h12,14,16-17,19,22-23,25-26,30-31,34,40-41,44,53,58H,10-11,13,15,18,20-21,24,27-29H2,1-9H3,(H,52,59)/t31-,34-,40-,41?,44-/m0/s1. The molecule has 16 nitrogen and oxygen atoms in total. The molecule has 0 spiro atoms. The van der Waals surface area contributed by atoms with Crippen molar-refractivity contribution in [3.8, 4) is 28.1 Å². The second kappa shape index (κ2) is 20.1. The minimum absolute atomic E-state index is 0.0266. The number of cyclic esters (lactones) is 1. The third-order valence-corrected chi connectivity index (χ3v) is 15.5. The van der Waals surface area contributed by atoms with Gasteiger partial charge in [-0.3, -0.25) is 29.2 Å². The Morgan fingerprint density at radius 1 is 1.06 bits per heavy atom. The molecule has 3 aliphatic heterocycles. The number of benzene rings is 2. The van der Waals surface area contributed by atoms with Gasteiger partial charge in [0, 0.05) is 74.8 Å². The van der Waals surface area contributed by atoms with E-state index in [4.69, 9.17) is 14.5 Å². The highest BCUT2D eigenvalue weighted by molar-refractivity contribution is 7.89. The van der Waals surface area contributed by atoms with Crippen LogP contribution in [0.1, 0.15) is 90.7 Å². The summed E-state index contributed by atoms with van der Waals surface area (Å²) in [5.41, 5.74) is 9.42. The summed E-state index contributed by atoms with van der Waals surface area (Å²) in [4.78, 5) is 63.3. The number of fused-ring (bicyclic) bond motifs is 6. The highest BCUT2D eigenvalue weighted by Gasteiger charge is 2.41. The molecule has 17 heteroatoms. The number of hydrazine groups is 1. The first kappa shape index (κ1) is 49.5. The van der Waals surface area contributed by atoms with Crippen LogP contribution in [0.3, 0.4) is 0 Å². The van der Waals surface area contributed by atoms with E-state index in [0.29, 0.717) is 43.4 Å². The Labute approximate surface area is 394 Å². The number of hydrogen-bond acceptors (Lipinski definition) is 11. The number of ether oxygens (including phenoxy) is 2. The Morgan fingerprint density at radius 2 is 1.82 bits per heavy atom. The quantitative estimate of drug-likeness (QED) is 0.159. The van der Waals surface area contributed by atoms with E-state index in [2.05, 4.69) is 54.3 Å². The van der Waals surface area contributed by atoms with Crippen LogP contribution in [-0.4, -0.2) is 125 Å². The maximum absolute atomic E-state index is 14.7. The van der Waals surface area contributed by atoms with E-state index in [-0.39, 0.29) is 62.1 Å². The molecule has 0 aliphatic carbocycles. The molecule has 2 fully saturated rings. The minimum Gasteiger partial charge on any atom is -0.508 e. The number of phenolic OH excluding ortho intramolecular Hbond substituents is 1. The fourth-order valence-electron chi connectivity index (χ4n) is 10.0. The second-order valence-corrected chi connectivity index (χ2v) is 21.7. The Hall–Kier alpha value is -5.36. The number of nitrogens with one attached hydrogen (secondary N) is 2. The van der Waals surface area contributed by atoms with Crippen LogP contribution in [0.5, 0.6) is 5.75 Å². The fraction of sp³-hybridized carbons (Fsp3) is 0.540. The Kier molecular flexibility index (Phi) is 14.8. The van der Waals surface area contributed by atoms with Gasteiger partial charge in [-0.05, 0) is 111 Å². The molecule has 5 heterocycles. The monoisotopic (exact) mass is 941 g/mol. The van der Waals surface area contributed by atoms with Gasteiger partial charge in [-0.15, -0.1) is 0 Å². The SMILES string of the molecule is CCn1c(-c2cccnc2[C@H](C)OC)c2c3cc(ccc31)-c1cc(O)cc(c1)CC(NC(=O)[C@H](C(C)C)N(C)C(=O)[C@H]1CCN(S(=O)(=O)CC)C1)C(=O)N1CCC[C@H](N1)C(=O)OCC(C)(C)C2. The van der Waals surface area contributed by atoms with Crippen molar-refractivity contribution >= 4 is 44.6 Å². The second-order valence-electron chi connectivity index (χ2n) is 19.4. The largest absolute Gasteiger partial charge is 0.508 e. The number of hydrogen-bond donors (Lipinski definition) is 3. The summed E-state index contributed by atoms with van der Waals surface area (Å²) in [5, 5.41) is 16.7. The van der Waals surface area contributed by atoms with E-state index in [9.17, 15) is 32.7 Å². The highest BCUT2D eigenvalue weighted by Crippen LogP contribution is 2.42. The Balaban J connectivity index is 1.30. The van der Waals surface area contributed by atoms with Gasteiger partial charge in [-0.25, -0.2) is 18.1 Å². The number of amides is 3. The van der Waals surface area contributed by atoms with Gasteiger partial charge in [0.25, 0.3) is 5.91 Å². The Bertz CT molecular complexity index is 2630. The van der Waals surface area contributed by atoms with Crippen molar-refractivity contribution in [1.82, 2.24) is 34.5 Å². The number of likely N-dealkylation sites (N-methyl/N-ethyl adjacent to an activating group) is 1. The molecule has 2 saturated heterocycles. The maximum Gasteiger partial charge on any atom is 0.324 e. The van der Waals surface area contributed by atoms with E-state index >= 15 is 0 Å². The number of methoxy groups -OCH3 is 1. The predicted octanol–water partition coefficient (Wildman–Crippen LogP) is 5.61. The first-order chi connectivity index (χ1) is 31.8. The van der Waals surface area contributed by atoms with Gasteiger partial charge in [-0.2, -0.15) is 0 Å². The molecule has 67 heavy (non-hydrogen) atoms. The number of carbonyl (C=O) groups is 4. The zero-order valence-corrected chi connectivity index (χ0v) is 41.1. The van der Waals surface area contributed by atoms with Crippen molar-refractivity contribution in [2.24, 2.45) is 17.3 Å². The molecule has 4 aromatic rings. The van der Waals surface area contributed by atoms with Gasteiger partial charge in [0.2, 0.25) is 21.8 Å². The lowest BCUT2D eigenvalue weighted by molar-refractivity contribution is -0.155. The summed E-state index contributed by atoms with van der Waals surface area (Å²) in [6, 6.07) is 12.3. The van der Waals surface area contributed by atoms with Crippen molar-refractivity contribution in [3.05, 3.63) is 71.5 Å². The molecule has 6 bridgehead atoms. The van der Waals surface area contributed by atoms with E-state index in [0.717, 1.165) is 39.0 Å². The highest BCUT2D eigenvalue weighted by atomic mass is 32.2. The van der Waals surface area contributed by atoms with Crippen molar-refractivity contribution in [2.75, 3.05) is 46.2 Å². The molecule has 5 atom stereocenters. The number of pyridine rings is 1. The lowest BCUT2D eigenvalue weighted by atomic mass is 9.84. The fourth-order valence-corrected chi connectivity index (χ4v) is 11.2. The number of aromatic hydroxyl groups is 1. The number of aryl methyl sites for hydroxylation is 1. The number of nitrogens with zero attached hydrogens (tertiary/aromatic N) is 5. The zero-order chi connectivity index (χ0) is 48.5. The summed E-state index contributed by atoms with van der Waals surface area (Å²) < 4.78 is 40.8. The smallest absolute Gasteiger partial charge is 0.324 e. The van der Waals surface area contributed by atoms with Gasteiger partial charge in [0.15, 0.2) is 0 Å². The van der Waals surface area contributed by atoms with Crippen molar-refractivity contribution in [2.45, 2.75) is 111 Å². The van der Waals surface area contributed by atoms with Crippen molar-refractivity contribution in [3.63, 3.8) is 0 Å².